The first-order valence-electron chi connectivity index (χ1n) is 6.40. The monoisotopic (exact) mass is 271 g/mol. The standard InChI is InChI=1S/C11H21N5OS/c1-9-3-5-16(6-4-9)7-10(17)8-18-11-12-13-14-15(11)2/h9-10,17H,3-8H2,1-2H3. The molecule has 0 radical (unpaired) electrons. The van der Waals surface area contributed by atoms with Gasteiger partial charge in [-0.05, 0) is 42.3 Å². The maximum absolute atomic E-state index is 10.0. The van der Waals surface area contributed by atoms with Gasteiger partial charge in [0.05, 0.1) is 6.10 Å². The molecule has 1 fully saturated rings. The number of hydrogen-bond donors (Lipinski definition) is 1. The molecule has 18 heavy (non-hydrogen) atoms. The molecule has 0 bridgehead atoms. The summed E-state index contributed by atoms with van der Waals surface area (Å²) >= 11 is 1.50. The molecule has 2 heterocycles. The molecule has 0 aromatic carbocycles. The molecule has 102 valence electrons. The van der Waals surface area contributed by atoms with Gasteiger partial charge in [-0.2, -0.15) is 0 Å². The molecule has 1 aliphatic heterocycles. The zero-order valence-electron chi connectivity index (χ0n) is 11.0. The third kappa shape index (κ3) is 3.93. The van der Waals surface area contributed by atoms with Crippen LogP contribution in [0, 0.1) is 5.92 Å². The fourth-order valence-electron chi connectivity index (χ4n) is 2.11. The number of aliphatic hydroxyl groups excluding tert-OH is 1. The SMILES string of the molecule is CC1CCN(CC(O)CSc2nnnn2C)CC1. The smallest absolute Gasteiger partial charge is 0.209 e. The van der Waals surface area contributed by atoms with E-state index in [4.69, 9.17) is 0 Å². The minimum atomic E-state index is -0.319. The minimum absolute atomic E-state index is 0.319. The molecule has 0 saturated carbocycles. The second-order valence-corrected chi connectivity index (χ2v) is 6.02. The number of β-amino-alcohol motifs (C(OH)–C–C–N with tert-alkyl or cyclic N) is 1. The van der Waals surface area contributed by atoms with Crippen molar-refractivity contribution >= 4 is 11.8 Å². The molecule has 1 aromatic heterocycles. The van der Waals surface area contributed by atoms with Crippen LogP contribution in [0.15, 0.2) is 5.16 Å². The van der Waals surface area contributed by atoms with Crippen LogP contribution < -0.4 is 0 Å². The van der Waals surface area contributed by atoms with Gasteiger partial charge < -0.3 is 10.0 Å². The summed E-state index contributed by atoms with van der Waals surface area (Å²) in [5.74, 6) is 1.47. The first-order valence-corrected chi connectivity index (χ1v) is 7.39. The second kappa shape index (κ2) is 6.49. The summed E-state index contributed by atoms with van der Waals surface area (Å²) in [6.07, 6.45) is 2.17. The molecule has 7 heteroatoms. The fraction of sp³-hybridized carbons (Fsp3) is 0.909. The van der Waals surface area contributed by atoms with Crippen molar-refractivity contribution in [2.45, 2.75) is 31.0 Å². The summed E-state index contributed by atoms with van der Waals surface area (Å²) in [7, 11) is 1.81. The van der Waals surface area contributed by atoms with Gasteiger partial charge >= 0.3 is 0 Å². The van der Waals surface area contributed by atoms with Crippen LogP contribution in [0.5, 0.6) is 0 Å². The van der Waals surface area contributed by atoms with E-state index in [-0.39, 0.29) is 6.10 Å². The zero-order valence-corrected chi connectivity index (χ0v) is 11.8. The van der Waals surface area contributed by atoms with Crippen LogP contribution in [0.4, 0.5) is 0 Å². The Bertz CT molecular complexity index is 364. The lowest BCUT2D eigenvalue weighted by molar-refractivity contribution is 0.105. The van der Waals surface area contributed by atoms with E-state index < -0.39 is 0 Å². The largest absolute Gasteiger partial charge is 0.391 e. The topological polar surface area (TPSA) is 67.1 Å². The fourth-order valence-corrected chi connectivity index (χ4v) is 2.87. The van der Waals surface area contributed by atoms with E-state index >= 15 is 0 Å². The Balaban J connectivity index is 1.69. The van der Waals surface area contributed by atoms with Gasteiger partial charge in [-0.25, -0.2) is 4.68 Å². The van der Waals surface area contributed by atoms with Crippen LogP contribution in [-0.4, -0.2) is 61.7 Å². The Morgan fingerprint density at radius 2 is 2.17 bits per heavy atom. The van der Waals surface area contributed by atoms with Gasteiger partial charge in [-0.15, -0.1) is 5.10 Å². The number of piperidine rings is 1. The highest BCUT2D eigenvalue weighted by Gasteiger charge is 2.18. The molecule has 1 saturated heterocycles. The third-order valence-corrected chi connectivity index (χ3v) is 4.49. The van der Waals surface area contributed by atoms with E-state index in [0.717, 1.165) is 30.7 Å². The number of aliphatic hydroxyl groups is 1. The molecule has 0 amide bonds. The number of aromatic nitrogens is 4. The quantitative estimate of drug-likeness (QED) is 0.782. The number of thioether (sulfide) groups is 1. The van der Waals surface area contributed by atoms with Gasteiger partial charge in [0.1, 0.15) is 0 Å². The summed E-state index contributed by atoms with van der Waals surface area (Å²) < 4.78 is 1.62. The molecule has 1 unspecified atom stereocenters. The number of hydrogen-bond acceptors (Lipinski definition) is 6. The average Bonchev–Trinajstić information content (AvgIpc) is 2.75. The Morgan fingerprint density at radius 3 is 2.78 bits per heavy atom. The zero-order chi connectivity index (χ0) is 13.0. The van der Waals surface area contributed by atoms with Crippen LogP contribution >= 0.6 is 11.8 Å². The maximum Gasteiger partial charge on any atom is 0.209 e. The molecule has 1 N–H and O–H groups in total. The summed E-state index contributed by atoms with van der Waals surface area (Å²) in [6.45, 7) is 5.26. The lowest BCUT2D eigenvalue weighted by Gasteiger charge is -2.31. The highest BCUT2D eigenvalue weighted by Crippen LogP contribution is 2.18. The van der Waals surface area contributed by atoms with E-state index in [1.54, 1.807) is 11.7 Å². The maximum atomic E-state index is 10.0. The highest BCUT2D eigenvalue weighted by molar-refractivity contribution is 7.99. The lowest BCUT2D eigenvalue weighted by atomic mass is 9.99. The molecule has 1 aliphatic rings. The third-order valence-electron chi connectivity index (χ3n) is 3.33. The van der Waals surface area contributed by atoms with Crippen LogP contribution in [0.25, 0.3) is 0 Å². The predicted octanol–water partition coefficient (Wildman–Crippen LogP) is 0.395. The number of tetrazole rings is 1. The molecule has 0 spiro atoms. The Kier molecular flexibility index (Phi) is 4.96. The number of rotatable bonds is 5. The summed E-state index contributed by atoms with van der Waals surface area (Å²) in [5.41, 5.74) is 0. The van der Waals surface area contributed by atoms with Crippen LogP contribution in [-0.2, 0) is 7.05 Å². The highest BCUT2D eigenvalue weighted by atomic mass is 32.2. The van der Waals surface area contributed by atoms with Crippen molar-refractivity contribution in [2.75, 3.05) is 25.4 Å². The van der Waals surface area contributed by atoms with Crippen molar-refractivity contribution in [1.82, 2.24) is 25.1 Å². The van der Waals surface area contributed by atoms with Crippen LogP contribution in [0.2, 0.25) is 0 Å². The number of nitrogens with zero attached hydrogens (tertiary/aromatic N) is 5. The van der Waals surface area contributed by atoms with Gasteiger partial charge in [-0.3, -0.25) is 0 Å². The number of aryl methyl sites for hydroxylation is 1. The Morgan fingerprint density at radius 1 is 1.44 bits per heavy atom. The first-order chi connectivity index (χ1) is 8.65. The van der Waals surface area contributed by atoms with E-state index in [0.29, 0.717) is 5.75 Å². The molecular weight excluding hydrogens is 250 g/mol. The summed E-state index contributed by atoms with van der Waals surface area (Å²) in [5, 5.41) is 22.0. The van der Waals surface area contributed by atoms with Gasteiger partial charge in [0.2, 0.25) is 5.16 Å². The van der Waals surface area contributed by atoms with E-state index in [1.807, 2.05) is 0 Å². The van der Waals surface area contributed by atoms with Crippen molar-refractivity contribution in [2.24, 2.45) is 13.0 Å². The van der Waals surface area contributed by atoms with Crippen LogP contribution in [0.3, 0.4) is 0 Å². The molecule has 0 aliphatic carbocycles. The Labute approximate surface area is 112 Å². The van der Waals surface area contributed by atoms with Crippen molar-refractivity contribution in [3.63, 3.8) is 0 Å². The van der Waals surface area contributed by atoms with E-state index in [9.17, 15) is 5.11 Å². The average molecular weight is 271 g/mol. The van der Waals surface area contributed by atoms with E-state index in [2.05, 4.69) is 27.3 Å². The van der Waals surface area contributed by atoms with Crippen molar-refractivity contribution in [1.29, 1.82) is 0 Å². The number of likely N-dealkylation sites (tertiary alicyclic amines) is 1. The summed E-state index contributed by atoms with van der Waals surface area (Å²) in [4.78, 5) is 2.35. The van der Waals surface area contributed by atoms with Gasteiger partial charge in [0, 0.05) is 19.3 Å². The molecule has 1 aromatic rings. The van der Waals surface area contributed by atoms with Gasteiger partial charge in [0.25, 0.3) is 0 Å². The van der Waals surface area contributed by atoms with E-state index in [1.165, 1.54) is 24.6 Å². The van der Waals surface area contributed by atoms with Crippen molar-refractivity contribution in [3.05, 3.63) is 0 Å². The predicted molar refractivity (Wildman–Crippen MR) is 70.4 cm³/mol. The summed E-state index contributed by atoms with van der Waals surface area (Å²) in [6, 6.07) is 0. The Hall–Kier alpha value is -0.660. The van der Waals surface area contributed by atoms with Gasteiger partial charge in [-0.1, -0.05) is 18.7 Å². The van der Waals surface area contributed by atoms with Crippen LogP contribution in [0.1, 0.15) is 19.8 Å². The molecule has 1 atom stereocenters. The van der Waals surface area contributed by atoms with Gasteiger partial charge in [0.15, 0.2) is 0 Å². The molecular formula is C11H21N5OS. The van der Waals surface area contributed by atoms with Crippen molar-refractivity contribution < 1.29 is 5.11 Å². The molecule has 6 nitrogen and oxygen atoms in total. The normalized spacial score (nSPS) is 20.2. The molecule has 2 rings (SSSR count). The lowest BCUT2D eigenvalue weighted by Crippen LogP contribution is -2.39. The minimum Gasteiger partial charge on any atom is -0.391 e. The second-order valence-electron chi connectivity index (χ2n) is 5.03. The van der Waals surface area contributed by atoms with Crippen molar-refractivity contribution in [3.8, 4) is 0 Å². The first kappa shape index (κ1) is 13.8.